The second-order valence-electron chi connectivity index (χ2n) is 3.26. The number of hydrogen-bond acceptors (Lipinski definition) is 3. The van der Waals surface area contributed by atoms with Gasteiger partial charge in [-0.15, -0.1) is 0 Å². The second kappa shape index (κ2) is 3.82. The van der Waals surface area contributed by atoms with Gasteiger partial charge in [-0.1, -0.05) is 0 Å². The number of aromatic nitrogens is 1. The highest BCUT2D eigenvalue weighted by Gasteiger charge is 2.29. The highest BCUT2D eigenvalue weighted by molar-refractivity contribution is 14.1. The standard InChI is InChI=1S/C9H9IN2O2/c10-7-1-6(2-11-3-7)9(14)12-4-8(13)5-12/h1-3,8,13H,4-5H2. The SMILES string of the molecule is O=C(c1cncc(I)c1)N1CC(O)C1. The number of nitrogens with zero attached hydrogens (tertiary/aromatic N) is 2. The van der Waals surface area contributed by atoms with Crippen LogP contribution in [0.4, 0.5) is 0 Å². The van der Waals surface area contributed by atoms with E-state index in [1.165, 1.54) is 0 Å². The van der Waals surface area contributed by atoms with Crippen LogP contribution in [0.1, 0.15) is 10.4 Å². The first-order chi connectivity index (χ1) is 6.66. The summed E-state index contributed by atoms with van der Waals surface area (Å²) in [6.45, 7) is 0.870. The van der Waals surface area contributed by atoms with E-state index in [1.807, 2.05) is 0 Å². The summed E-state index contributed by atoms with van der Waals surface area (Å²) in [5.74, 6) is -0.0543. The monoisotopic (exact) mass is 304 g/mol. The maximum atomic E-state index is 11.7. The van der Waals surface area contributed by atoms with Crippen molar-refractivity contribution in [1.82, 2.24) is 9.88 Å². The van der Waals surface area contributed by atoms with Gasteiger partial charge in [-0.05, 0) is 28.7 Å². The summed E-state index contributed by atoms with van der Waals surface area (Å²) in [7, 11) is 0. The molecule has 0 aliphatic carbocycles. The van der Waals surface area contributed by atoms with Gasteiger partial charge >= 0.3 is 0 Å². The predicted octanol–water partition coefficient (Wildman–Crippen LogP) is 0.503. The van der Waals surface area contributed by atoms with E-state index in [0.717, 1.165) is 3.57 Å². The van der Waals surface area contributed by atoms with E-state index < -0.39 is 0 Å². The Hall–Kier alpha value is -0.690. The number of halogens is 1. The minimum Gasteiger partial charge on any atom is -0.389 e. The molecule has 5 heteroatoms. The normalized spacial score (nSPS) is 16.6. The van der Waals surface area contributed by atoms with E-state index >= 15 is 0 Å². The zero-order valence-corrected chi connectivity index (χ0v) is 9.51. The molecule has 2 heterocycles. The van der Waals surface area contributed by atoms with E-state index in [4.69, 9.17) is 5.11 Å². The zero-order chi connectivity index (χ0) is 10.1. The summed E-state index contributed by atoms with van der Waals surface area (Å²) in [4.78, 5) is 17.3. The van der Waals surface area contributed by atoms with Crippen LogP contribution in [0.3, 0.4) is 0 Å². The minimum atomic E-state index is -0.352. The van der Waals surface area contributed by atoms with Crippen LogP contribution in [0.15, 0.2) is 18.5 Å². The van der Waals surface area contributed by atoms with Crippen LogP contribution < -0.4 is 0 Å². The van der Waals surface area contributed by atoms with Gasteiger partial charge in [0.15, 0.2) is 0 Å². The van der Waals surface area contributed by atoms with Crippen molar-refractivity contribution in [2.75, 3.05) is 13.1 Å². The van der Waals surface area contributed by atoms with Crippen molar-refractivity contribution in [3.05, 3.63) is 27.6 Å². The molecule has 0 unspecified atom stereocenters. The number of pyridine rings is 1. The van der Waals surface area contributed by atoms with Crippen LogP contribution in [-0.2, 0) is 0 Å². The first-order valence-electron chi connectivity index (χ1n) is 4.24. The summed E-state index contributed by atoms with van der Waals surface area (Å²) >= 11 is 2.11. The molecule has 1 aliphatic heterocycles. The predicted molar refractivity (Wildman–Crippen MR) is 58.9 cm³/mol. The summed E-state index contributed by atoms with van der Waals surface area (Å²) in [6.07, 6.45) is 2.90. The number of hydrogen-bond donors (Lipinski definition) is 1. The van der Waals surface area contributed by atoms with E-state index in [2.05, 4.69) is 27.6 Å². The van der Waals surface area contributed by atoms with E-state index in [-0.39, 0.29) is 12.0 Å². The number of rotatable bonds is 1. The Bertz CT molecular complexity index is 364. The molecule has 0 saturated carbocycles. The number of aliphatic hydroxyl groups is 1. The summed E-state index contributed by atoms with van der Waals surface area (Å²) in [5, 5.41) is 9.06. The molecule has 74 valence electrons. The Kier molecular flexibility index (Phi) is 2.69. The van der Waals surface area contributed by atoms with Gasteiger partial charge in [0.05, 0.1) is 11.7 Å². The zero-order valence-electron chi connectivity index (χ0n) is 7.35. The maximum absolute atomic E-state index is 11.7. The van der Waals surface area contributed by atoms with Crippen molar-refractivity contribution < 1.29 is 9.90 Å². The third-order valence-corrected chi connectivity index (χ3v) is 2.69. The summed E-state index contributed by atoms with van der Waals surface area (Å²) in [5.41, 5.74) is 0.587. The summed E-state index contributed by atoms with van der Waals surface area (Å²) < 4.78 is 0.939. The van der Waals surface area contributed by atoms with Gasteiger partial charge < -0.3 is 10.0 Å². The first-order valence-corrected chi connectivity index (χ1v) is 5.32. The highest BCUT2D eigenvalue weighted by atomic mass is 127. The number of β-amino-alcohol motifs (C(OH)–C–C–N with tert-alkyl or cyclic N) is 1. The van der Waals surface area contributed by atoms with Crippen LogP contribution in [0.2, 0.25) is 0 Å². The van der Waals surface area contributed by atoms with Crippen LogP contribution in [0.25, 0.3) is 0 Å². The molecule has 14 heavy (non-hydrogen) atoms. The van der Waals surface area contributed by atoms with Crippen molar-refractivity contribution in [3.8, 4) is 0 Å². The fourth-order valence-corrected chi connectivity index (χ4v) is 1.83. The molecule has 0 radical (unpaired) electrons. The Balaban J connectivity index is 2.12. The Morgan fingerprint density at radius 2 is 2.29 bits per heavy atom. The lowest BCUT2D eigenvalue weighted by molar-refractivity contribution is 0.00586. The minimum absolute atomic E-state index is 0.0543. The quantitative estimate of drug-likeness (QED) is 0.769. The molecule has 1 N–H and O–H groups in total. The highest BCUT2D eigenvalue weighted by Crippen LogP contribution is 2.14. The molecule has 4 nitrogen and oxygen atoms in total. The van der Waals surface area contributed by atoms with Crippen LogP contribution in [0.5, 0.6) is 0 Å². The first kappa shape index (κ1) is 9.85. The van der Waals surface area contributed by atoms with Gasteiger partial charge in [-0.2, -0.15) is 0 Å². The van der Waals surface area contributed by atoms with Crippen molar-refractivity contribution in [3.63, 3.8) is 0 Å². The van der Waals surface area contributed by atoms with E-state index in [9.17, 15) is 4.79 Å². The number of carbonyl (C=O) groups excluding carboxylic acids is 1. The number of likely N-dealkylation sites (tertiary alicyclic amines) is 1. The lowest BCUT2D eigenvalue weighted by Gasteiger charge is -2.35. The Labute approximate surface area is 95.1 Å². The van der Waals surface area contributed by atoms with Crippen molar-refractivity contribution in [1.29, 1.82) is 0 Å². The maximum Gasteiger partial charge on any atom is 0.255 e. The Morgan fingerprint density at radius 3 is 2.86 bits per heavy atom. The summed E-state index contributed by atoms with van der Waals surface area (Å²) in [6, 6.07) is 1.79. The van der Waals surface area contributed by atoms with Crippen LogP contribution >= 0.6 is 22.6 Å². The van der Waals surface area contributed by atoms with Crippen LogP contribution in [-0.4, -0.2) is 40.1 Å². The molecule has 0 spiro atoms. The molecule has 1 aromatic rings. The van der Waals surface area contributed by atoms with E-state index in [1.54, 1.807) is 23.4 Å². The second-order valence-corrected chi connectivity index (χ2v) is 4.50. The Morgan fingerprint density at radius 1 is 1.57 bits per heavy atom. The molecule has 1 amide bonds. The fourth-order valence-electron chi connectivity index (χ4n) is 1.33. The van der Waals surface area contributed by atoms with E-state index in [0.29, 0.717) is 18.7 Å². The van der Waals surface area contributed by atoms with Gasteiger partial charge in [-0.3, -0.25) is 9.78 Å². The third-order valence-electron chi connectivity index (χ3n) is 2.10. The lowest BCUT2D eigenvalue weighted by atomic mass is 10.1. The topological polar surface area (TPSA) is 53.4 Å². The lowest BCUT2D eigenvalue weighted by Crippen LogP contribution is -2.53. The number of aliphatic hydroxyl groups excluding tert-OH is 1. The van der Waals surface area contributed by atoms with Gasteiger partial charge in [0, 0.05) is 29.1 Å². The smallest absolute Gasteiger partial charge is 0.255 e. The van der Waals surface area contributed by atoms with Gasteiger partial charge in [0.2, 0.25) is 0 Å². The molecule has 0 bridgehead atoms. The van der Waals surface area contributed by atoms with Crippen molar-refractivity contribution >= 4 is 28.5 Å². The number of amides is 1. The average Bonchev–Trinajstić information content (AvgIpc) is 2.12. The average molecular weight is 304 g/mol. The third kappa shape index (κ3) is 1.88. The molecule has 2 rings (SSSR count). The molecule has 1 aliphatic rings. The number of carbonyl (C=O) groups is 1. The van der Waals surface area contributed by atoms with Crippen LogP contribution in [0, 0.1) is 3.57 Å². The molecule has 1 fully saturated rings. The molecule has 1 aromatic heterocycles. The molecule has 0 aromatic carbocycles. The fraction of sp³-hybridized carbons (Fsp3) is 0.333. The molecule has 1 saturated heterocycles. The largest absolute Gasteiger partial charge is 0.389 e. The molecular weight excluding hydrogens is 295 g/mol. The molecule has 0 atom stereocenters. The molecular formula is C9H9IN2O2. The van der Waals surface area contributed by atoms with Gasteiger partial charge in [0.25, 0.3) is 5.91 Å². The van der Waals surface area contributed by atoms with Crippen molar-refractivity contribution in [2.45, 2.75) is 6.10 Å². The van der Waals surface area contributed by atoms with Gasteiger partial charge in [0.1, 0.15) is 0 Å². The van der Waals surface area contributed by atoms with Crippen molar-refractivity contribution in [2.24, 2.45) is 0 Å². The van der Waals surface area contributed by atoms with Gasteiger partial charge in [-0.25, -0.2) is 0 Å².